The van der Waals surface area contributed by atoms with Crippen LogP contribution in [0.3, 0.4) is 0 Å². The van der Waals surface area contributed by atoms with Gasteiger partial charge in [-0.25, -0.2) is 0 Å². The summed E-state index contributed by atoms with van der Waals surface area (Å²) in [6, 6.07) is 0.731. The van der Waals surface area contributed by atoms with E-state index in [1.807, 2.05) is 0 Å². The minimum absolute atomic E-state index is 0.289. The van der Waals surface area contributed by atoms with Crippen molar-refractivity contribution in [1.82, 2.24) is 10.2 Å². The van der Waals surface area contributed by atoms with Crippen LogP contribution in [-0.2, 0) is 0 Å². The molecule has 0 radical (unpaired) electrons. The maximum atomic E-state index is 6.10. The molecule has 2 rings (SSSR count). The molecule has 1 saturated carbocycles. The van der Waals surface area contributed by atoms with Gasteiger partial charge in [0.1, 0.15) is 5.51 Å². The Labute approximate surface area is 88.1 Å². The summed E-state index contributed by atoms with van der Waals surface area (Å²) in [5, 5.41) is 8.89. The lowest BCUT2D eigenvalue weighted by Crippen LogP contribution is -2.48. The highest BCUT2D eigenvalue weighted by atomic mass is 32.1. The van der Waals surface area contributed by atoms with Gasteiger partial charge in [0.25, 0.3) is 0 Å². The van der Waals surface area contributed by atoms with E-state index in [4.69, 9.17) is 5.73 Å². The van der Waals surface area contributed by atoms with E-state index in [1.54, 1.807) is 16.8 Å². The van der Waals surface area contributed by atoms with Gasteiger partial charge in [-0.15, -0.1) is 10.2 Å². The Balaban J connectivity index is 2.06. The second-order valence-electron chi connectivity index (χ2n) is 3.85. The fraction of sp³-hybridized carbons (Fsp3) is 0.778. The zero-order valence-electron chi connectivity index (χ0n) is 8.39. The number of nitrogens with zero attached hydrogens (tertiary/aromatic N) is 3. The molecule has 2 atom stereocenters. The molecule has 0 amide bonds. The molecule has 1 aromatic heterocycles. The van der Waals surface area contributed by atoms with Crippen LogP contribution in [0.5, 0.6) is 0 Å². The summed E-state index contributed by atoms with van der Waals surface area (Å²) in [4.78, 5) is 2.18. The van der Waals surface area contributed by atoms with Crippen molar-refractivity contribution in [1.29, 1.82) is 0 Å². The van der Waals surface area contributed by atoms with E-state index in [1.165, 1.54) is 19.3 Å². The van der Waals surface area contributed by atoms with Crippen molar-refractivity contribution in [3.05, 3.63) is 5.51 Å². The Bertz CT molecular complexity index is 274. The number of anilines is 1. The normalized spacial score (nSPS) is 27.6. The van der Waals surface area contributed by atoms with E-state index in [-0.39, 0.29) is 6.04 Å². The number of aromatic nitrogens is 2. The molecule has 1 heterocycles. The Morgan fingerprint density at radius 1 is 1.50 bits per heavy atom. The maximum Gasteiger partial charge on any atom is 0.208 e. The lowest BCUT2D eigenvalue weighted by Gasteiger charge is -2.35. The fourth-order valence-electron chi connectivity index (χ4n) is 2.08. The first-order valence-corrected chi connectivity index (χ1v) is 5.91. The average molecular weight is 212 g/mol. The van der Waals surface area contributed by atoms with Gasteiger partial charge in [-0.05, 0) is 12.8 Å². The SMILES string of the molecule is CN(c1nncs1)C1CCCCC1N. The van der Waals surface area contributed by atoms with E-state index in [9.17, 15) is 0 Å². The smallest absolute Gasteiger partial charge is 0.208 e. The molecule has 14 heavy (non-hydrogen) atoms. The van der Waals surface area contributed by atoms with Gasteiger partial charge in [-0.3, -0.25) is 0 Å². The van der Waals surface area contributed by atoms with E-state index in [2.05, 4.69) is 22.1 Å². The monoisotopic (exact) mass is 212 g/mol. The number of hydrogen-bond donors (Lipinski definition) is 1. The van der Waals surface area contributed by atoms with Crippen LogP contribution in [0.4, 0.5) is 5.13 Å². The molecule has 78 valence electrons. The molecule has 1 aliphatic rings. The first kappa shape index (κ1) is 9.86. The fourth-order valence-corrected chi connectivity index (χ4v) is 2.67. The van der Waals surface area contributed by atoms with Crippen molar-refractivity contribution in [2.24, 2.45) is 5.73 Å². The molecular weight excluding hydrogens is 196 g/mol. The summed E-state index contributed by atoms with van der Waals surface area (Å²) in [7, 11) is 2.07. The van der Waals surface area contributed by atoms with Crippen LogP contribution in [0.15, 0.2) is 5.51 Å². The molecule has 5 heteroatoms. The van der Waals surface area contributed by atoms with Crippen LogP contribution in [0.25, 0.3) is 0 Å². The molecule has 0 saturated heterocycles. The summed E-state index contributed by atoms with van der Waals surface area (Å²) in [5.41, 5.74) is 7.86. The zero-order chi connectivity index (χ0) is 9.97. The third-order valence-corrected chi connectivity index (χ3v) is 3.71. The number of likely N-dealkylation sites (N-methyl/N-ethyl adjacent to an activating group) is 1. The minimum atomic E-state index is 0.289. The van der Waals surface area contributed by atoms with Crippen molar-refractivity contribution in [2.45, 2.75) is 37.8 Å². The van der Waals surface area contributed by atoms with Crippen LogP contribution in [0.1, 0.15) is 25.7 Å². The van der Waals surface area contributed by atoms with Crippen molar-refractivity contribution in [3.8, 4) is 0 Å². The third kappa shape index (κ3) is 1.88. The van der Waals surface area contributed by atoms with E-state index < -0.39 is 0 Å². The highest BCUT2D eigenvalue weighted by molar-refractivity contribution is 7.13. The molecule has 2 N–H and O–H groups in total. The number of hydrogen-bond acceptors (Lipinski definition) is 5. The zero-order valence-corrected chi connectivity index (χ0v) is 9.20. The molecule has 0 aromatic carbocycles. The third-order valence-electron chi connectivity index (χ3n) is 2.93. The van der Waals surface area contributed by atoms with Gasteiger partial charge in [0.2, 0.25) is 5.13 Å². The van der Waals surface area contributed by atoms with Crippen LogP contribution in [0.2, 0.25) is 0 Å². The van der Waals surface area contributed by atoms with Crippen LogP contribution in [-0.4, -0.2) is 29.3 Å². The summed E-state index contributed by atoms with van der Waals surface area (Å²) < 4.78 is 0. The average Bonchev–Trinajstić information content (AvgIpc) is 2.70. The van der Waals surface area contributed by atoms with Gasteiger partial charge >= 0.3 is 0 Å². The van der Waals surface area contributed by atoms with E-state index in [0.717, 1.165) is 11.6 Å². The Kier molecular flexibility index (Phi) is 2.98. The predicted molar refractivity (Wildman–Crippen MR) is 58.5 cm³/mol. The molecule has 2 unspecified atom stereocenters. The first-order valence-electron chi connectivity index (χ1n) is 5.03. The molecule has 1 aliphatic carbocycles. The second-order valence-corrected chi connectivity index (χ2v) is 4.66. The van der Waals surface area contributed by atoms with Crippen molar-refractivity contribution in [3.63, 3.8) is 0 Å². The lowest BCUT2D eigenvalue weighted by molar-refractivity contribution is 0.373. The summed E-state index contributed by atoms with van der Waals surface area (Å²) in [6.45, 7) is 0. The number of rotatable bonds is 2. The van der Waals surface area contributed by atoms with Gasteiger partial charge in [0.15, 0.2) is 0 Å². The van der Waals surface area contributed by atoms with Crippen LogP contribution in [0, 0.1) is 0 Å². The summed E-state index contributed by atoms with van der Waals surface area (Å²) in [6.07, 6.45) is 4.86. The van der Waals surface area contributed by atoms with Gasteiger partial charge in [-0.2, -0.15) is 0 Å². The topological polar surface area (TPSA) is 55.0 Å². The Morgan fingerprint density at radius 3 is 2.93 bits per heavy atom. The molecule has 0 bridgehead atoms. The highest BCUT2D eigenvalue weighted by Crippen LogP contribution is 2.25. The summed E-state index contributed by atoms with van der Waals surface area (Å²) >= 11 is 1.57. The van der Waals surface area contributed by atoms with Crippen LogP contribution >= 0.6 is 11.3 Å². The molecule has 1 fully saturated rings. The molecule has 0 spiro atoms. The second kappa shape index (κ2) is 4.23. The Morgan fingerprint density at radius 2 is 2.29 bits per heavy atom. The van der Waals surface area contributed by atoms with Gasteiger partial charge in [0.05, 0.1) is 0 Å². The minimum Gasteiger partial charge on any atom is -0.345 e. The molecular formula is C9H16N4S. The first-order chi connectivity index (χ1) is 6.79. The lowest BCUT2D eigenvalue weighted by atomic mass is 9.90. The largest absolute Gasteiger partial charge is 0.345 e. The summed E-state index contributed by atoms with van der Waals surface area (Å²) in [5.74, 6) is 0. The Hall–Kier alpha value is -0.680. The van der Waals surface area contributed by atoms with Crippen LogP contribution < -0.4 is 10.6 Å². The van der Waals surface area contributed by atoms with Gasteiger partial charge in [0, 0.05) is 19.1 Å². The van der Waals surface area contributed by atoms with Crippen molar-refractivity contribution < 1.29 is 0 Å². The van der Waals surface area contributed by atoms with E-state index >= 15 is 0 Å². The highest BCUT2D eigenvalue weighted by Gasteiger charge is 2.26. The maximum absolute atomic E-state index is 6.10. The van der Waals surface area contributed by atoms with Gasteiger partial charge in [-0.1, -0.05) is 24.2 Å². The molecule has 1 aromatic rings. The molecule has 4 nitrogen and oxygen atoms in total. The van der Waals surface area contributed by atoms with Gasteiger partial charge < -0.3 is 10.6 Å². The van der Waals surface area contributed by atoms with Crippen molar-refractivity contribution >= 4 is 16.5 Å². The predicted octanol–water partition coefficient (Wildman–Crippen LogP) is 1.24. The molecule has 0 aliphatic heterocycles. The number of nitrogens with two attached hydrogens (primary N) is 1. The van der Waals surface area contributed by atoms with E-state index in [0.29, 0.717) is 6.04 Å². The quantitative estimate of drug-likeness (QED) is 0.801. The standard InChI is InChI=1S/C9H16N4S/c1-13(9-12-11-6-14-9)8-5-3-2-4-7(8)10/h6-8H,2-5,10H2,1H3. The van der Waals surface area contributed by atoms with Crippen molar-refractivity contribution in [2.75, 3.05) is 11.9 Å².